The van der Waals surface area contributed by atoms with E-state index in [4.69, 9.17) is 0 Å². The Morgan fingerprint density at radius 2 is 1.95 bits per heavy atom. The molecular weight excluding hydrogens is 326 g/mol. The molecule has 2 aliphatic rings. The molecule has 1 aliphatic carbocycles. The number of rotatable bonds is 5. The Morgan fingerprint density at radius 1 is 1.24 bits per heavy atom. The van der Waals surface area contributed by atoms with Gasteiger partial charge in [-0.2, -0.15) is 0 Å². The summed E-state index contributed by atoms with van der Waals surface area (Å²) < 4.78 is 1.17. The first-order valence-corrected chi connectivity index (χ1v) is 9.00. The van der Waals surface area contributed by atoms with Gasteiger partial charge in [0.1, 0.15) is 0 Å². The first-order valence-electron chi connectivity index (χ1n) is 8.21. The molecule has 0 aromatic heterocycles. The Morgan fingerprint density at radius 3 is 2.57 bits per heavy atom. The van der Waals surface area contributed by atoms with E-state index in [2.05, 4.69) is 63.1 Å². The SMILES string of the molecule is CCNC(C)c1cc(Br)ccc1N1CCN(C2CC2)CC1. The van der Waals surface area contributed by atoms with E-state index in [0.717, 1.165) is 25.7 Å². The fourth-order valence-corrected chi connectivity index (χ4v) is 3.72. The summed E-state index contributed by atoms with van der Waals surface area (Å²) >= 11 is 3.62. The maximum absolute atomic E-state index is 3.62. The molecule has 1 saturated heterocycles. The molecule has 116 valence electrons. The van der Waals surface area contributed by atoms with Crippen LogP contribution in [0.1, 0.15) is 38.3 Å². The molecule has 1 aromatic carbocycles. The van der Waals surface area contributed by atoms with E-state index in [1.165, 1.54) is 41.7 Å². The number of benzene rings is 1. The molecule has 4 heteroatoms. The van der Waals surface area contributed by atoms with Crippen LogP contribution in [0.15, 0.2) is 22.7 Å². The lowest BCUT2D eigenvalue weighted by atomic mass is 10.0. The minimum absolute atomic E-state index is 0.393. The average Bonchev–Trinajstić information content (AvgIpc) is 3.32. The molecule has 0 amide bonds. The van der Waals surface area contributed by atoms with Crippen LogP contribution in [0.4, 0.5) is 5.69 Å². The molecule has 3 rings (SSSR count). The second kappa shape index (κ2) is 6.67. The van der Waals surface area contributed by atoms with Gasteiger partial charge in [-0.15, -0.1) is 0 Å². The maximum atomic E-state index is 3.62. The smallest absolute Gasteiger partial charge is 0.0416 e. The van der Waals surface area contributed by atoms with Gasteiger partial charge in [0.25, 0.3) is 0 Å². The minimum Gasteiger partial charge on any atom is -0.369 e. The van der Waals surface area contributed by atoms with Crippen molar-refractivity contribution in [1.29, 1.82) is 0 Å². The highest BCUT2D eigenvalue weighted by Crippen LogP contribution is 2.32. The quantitative estimate of drug-likeness (QED) is 0.876. The van der Waals surface area contributed by atoms with E-state index >= 15 is 0 Å². The number of anilines is 1. The summed E-state index contributed by atoms with van der Waals surface area (Å²) in [5, 5.41) is 3.55. The second-order valence-electron chi connectivity index (χ2n) is 6.24. The van der Waals surface area contributed by atoms with E-state index in [-0.39, 0.29) is 0 Å². The van der Waals surface area contributed by atoms with Gasteiger partial charge >= 0.3 is 0 Å². The van der Waals surface area contributed by atoms with E-state index in [1.807, 2.05) is 0 Å². The zero-order valence-corrected chi connectivity index (χ0v) is 14.7. The van der Waals surface area contributed by atoms with Gasteiger partial charge < -0.3 is 10.2 Å². The van der Waals surface area contributed by atoms with Gasteiger partial charge in [0.2, 0.25) is 0 Å². The molecule has 1 atom stereocenters. The third-order valence-electron chi connectivity index (χ3n) is 4.68. The van der Waals surface area contributed by atoms with Crippen LogP contribution in [0.2, 0.25) is 0 Å². The molecule has 1 unspecified atom stereocenters. The summed E-state index contributed by atoms with van der Waals surface area (Å²) in [5.41, 5.74) is 2.81. The minimum atomic E-state index is 0.393. The predicted molar refractivity (Wildman–Crippen MR) is 93.0 cm³/mol. The van der Waals surface area contributed by atoms with Crippen molar-refractivity contribution in [3.8, 4) is 0 Å². The van der Waals surface area contributed by atoms with Gasteiger partial charge in [0.05, 0.1) is 0 Å². The van der Waals surface area contributed by atoms with Crippen molar-refractivity contribution < 1.29 is 0 Å². The first kappa shape index (κ1) is 15.3. The summed E-state index contributed by atoms with van der Waals surface area (Å²) in [7, 11) is 0. The third kappa shape index (κ3) is 3.61. The van der Waals surface area contributed by atoms with Crippen LogP contribution in [-0.4, -0.2) is 43.7 Å². The van der Waals surface area contributed by atoms with Gasteiger partial charge in [-0.1, -0.05) is 22.9 Å². The predicted octanol–water partition coefficient (Wildman–Crippen LogP) is 3.40. The van der Waals surface area contributed by atoms with E-state index in [1.54, 1.807) is 0 Å². The molecular formula is C17H26BrN3. The summed E-state index contributed by atoms with van der Waals surface area (Å²) in [6.07, 6.45) is 2.84. The summed E-state index contributed by atoms with van der Waals surface area (Å²) in [4.78, 5) is 5.23. The van der Waals surface area contributed by atoms with Gasteiger partial charge in [0, 0.05) is 48.4 Å². The third-order valence-corrected chi connectivity index (χ3v) is 5.18. The molecule has 1 heterocycles. The van der Waals surface area contributed by atoms with Crippen molar-refractivity contribution in [3.05, 3.63) is 28.2 Å². The van der Waals surface area contributed by atoms with Crippen LogP contribution in [0, 0.1) is 0 Å². The van der Waals surface area contributed by atoms with Crippen LogP contribution in [0.5, 0.6) is 0 Å². The standard InChI is InChI=1S/C17H26BrN3/c1-3-19-13(2)16-12-14(18)4-7-17(16)21-10-8-20(9-11-21)15-5-6-15/h4,7,12-13,15,19H,3,5-6,8-11H2,1-2H3. The fraction of sp³-hybridized carbons (Fsp3) is 0.647. The average molecular weight is 352 g/mol. The van der Waals surface area contributed by atoms with E-state index in [9.17, 15) is 0 Å². The summed E-state index contributed by atoms with van der Waals surface area (Å²) in [6, 6.07) is 8.02. The van der Waals surface area contributed by atoms with Crippen molar-refractivity contribution in [2.75, 3.05) is 37.6 Å². The van der Waals surface area contributed by atoms with Crippen molar-refractivity contribution in [1.82, 2.24) is 10.2 Å². The highest BCUT2D eigenvalue weighted by Gasteiger charge is 2.31. The Kier molecular flexibility index (Phi) is 4.87. The lowest BCUT2D eigenvalue weighted by Gasteiger charge is -2.37. The fourth-order valence-electron chi connectivity index (χ4n) is 3.34. The van der Waals surface area contributed by atoms with Crippen LogP contribution >= 0.6 is 15.9 Å². The Labute approximate surface area is 136 Å². The van der Waals surface area contributed by atoms with Gasteiger partial charge in [-0.25, -0.2) is 0 Å². The number of hydrogen-bond donors (Lipinski definition) is 1. The van der Waals surface area contributed by atoms with Crippen molar-refractivity contribution in [2.24, 2.45) is 0 Å². The number of nitrogens with one attached hydrogen (secondary N) is 1. The maximum Gasteiger partial charge on any atom is 0.0416 e. The van der Waals surface area contributed by atoms with Crippen molar-refractivity contribution in [3.63, 3.8) is 0 Å². The van der Waals surface area contributed by atoms with Crippen LogP contribution in [-0.2, 0) is 0 Å². The topological polar surface area (TPSA) is 18.5 Å². The largest absolute Gasteiger partial charge is 0.369 e. The normalized spacial score (nSPS) is 21.6. The Balaban J connectivity index is 1.74. The lowest BCUT2D eigenvalue weighted by Crippen LogP contribution is -2.47. The van der Waals surface area contributed by atoms with Gasteiger partial charge in [-0.05, 0) is 50.1 Å². The second-order valence-corrected chi connectivity index (χ2v) is 7.15. The van der Waals surface area contributed by atoms with Gasteiger partial charge in [-0.3, -0.25) is 4.90 Å². The molecule has 0 bridgehead atoms. The number of nitrogens with zero attached hydrogens (tertiary/aromatic N) is 2. The van der Waals surface area contributed by atoms with E-state index < -0.39 is 0 Å². The van der Waals surface area contributed by atoms with Crippen LogP contribution in [0.3, 0.4) is 0 Å². The molecule has 1 aromatic rings. The Bertz CT molecular complexity index is 479. The molecule has 1 N–H and O–H groups in total. The van der Waals surface area contributed by atoms with E-state index in [0.29, 0.717) is 6.04 Å². The molecule has 0 radical (unpaired) electrons. The van der Waals surface area contributed by atoms with Crippen LogP contribution < -0.4 is 10.2 Å². The lowest BCUT2D eigenvalue weighted by molar-refractivity contribution is 0.248. The van der Waals surface area contributed by atoms with Crippen molar-refractivity contribution >= 4 is 21.6 Å². The summed E-state index contributed by atoms with van der Waals surface area (Å²) in [5.74, 6) is 0. The zero-order valence-electron chi connectivity index (χ0n) is 13.1. The zero-order chi connectivity index (χ0) is 14.8. The first-order chi connectivity index (χ1) is 10.2. The van der Waals surface area contributed by atoms with Crippen molar-refractivity contribution in [2.45, 2.75) is 38.8 Å². The van der Waals surface area contributed by atoms with Crippen LogP contribution in [0.25, 0.3) is 0 Å². The summed E-state index contributed by atoms with van der Waals surface area (Å²) in [6.45, 7) is 10.2. The number of halogens is 1. The Hall–Kier alpha value is -0.580. The van der Waals surface area contributed by atoms with Gasteiger partial charge in [0.15, 0.2) is 0 Å². The highest BCUT2D eigenvalue weighted by atomic mass is 79.9. The molecule has 1 aliphatic heterocycles. The molecule has 21 heavy (non-hydrogen) atoms. The molecule has 2 fully saturated rings. The monoisotopic (exact) mass is 351 g/mol. The number of hydrogen-bond acceptors (Lipinski definition) is 3. The highest BCUT2D eigenvalue weighted by molar-refractivity contribution is 9.10. The molecule has 1 saturated carbocycles. The molecule has 3 nitrogen and oxygen atoms in total. The number of piperazine rings is 1. The molecule has 0 spiro atoms.